The van der Waals surface area contributed by atoms with Gasteiger partial charge in [0.05, 0.1) is 34.7 Å². The van der Waals surface area contributed by atoms with E-state index in [1.807, 2.05) is 13.8 Å². The highest BCUT2D eigenvalue weighted by molar-refractivity contribution is 6.31. The molecule has 0 aromatic carbocycles. The Balaban J connectivity index is 2.05. The van der Waals surface area contributed by atoms with Gasteiger partial charge in [-0.3, -0.25) is 14.2 Å². The highest BCUT2D eigenvalue weighted by Crippen LogP contribution is 2.17. The lowest BCUT2D eigenvalue weighted by Gasteiger charge is -2.16. The molecule has 21 heavy (non-hydrogen) atoms. The van der Waals surface area contributed by atoms with Crippen LogP contribution in [-0.2, 0) is 17.9 Å². The molecule has 1 N–H and O–H groups in total. The van der Waals surface area contributed by atoms with Crippen LogP contribution in [0.5, 0.6) is 0 Å². The molecule has 8 heteroatoms. The van der Waals surface area contributed by atoms with Crippen LogP contribution in [0.3, 0.4) is 0 Å². The first kappa shape index (κ1) is 15.9. The number of hydrogen-bond acceptors (Lipinski definition) is 3. The lowest BCUT2D eigenvalue weighted by molar-refractivity contribution is -0.124. The van der Waals surface area contributed by atoms with Gasteiger partial charge < -0.3 is 5.32 Å². The quantitative estimate of drug-likeness (QED) is 0.886. The predicted octanol–water partition coefficient (Wildman–Crippen LogP) is 2.67. The Bertz CT molecular complexity index is 622. The summed E-state index contributed by atoms with van der Waals surface area (Å²) in [4.78, 5) is 12.3. The van der Waals surface area contributed by atoms with E-state index in [1.54, 1.807) is 21.8 Å². The van der Waals surface area contributed by atoms with E-state index in [4.69, 9.17) is 23.2 Å². The van der Waals surface area contributed by atoms with E-state index in [0.29, 0.717) is 29.6 Å². The fourth-order valence-corrected chi connectivity index (χ4v) is 2.45. The summed E-state index contributed by atoms with van der Waals surface area (Å²) in [5, 5.41) is 12.1. The molecule has 0 spiro atoms. The van der Waals surface area contributed by atoms with Gasteiger partial charge in [0.15, 0.2) is 0 Å². The van der Waals surface area contributed by atoms with Crippen molar-refractivity contribution in [1.29, 1.82) is 0 Å². The number of amides is 1. The Kier molecular flexibility index (Phi) is 5.25. The van der Waals surface area contributed by atoms with Gasteiger partial charge in [-0.15, -0.1) is 0 Å². The van der Waals surface area contributed by atoms with Crippen molar-refractivity contribution < 1.29 is 4.79 Å². The highest BCUT2D eigenvalue weighted by Gasteiger charge is 2.20. The first-order chi connectivity index (χ1) is 10.1. The zero-order valence-corrected chi connectivity index (χ0v) is 13.4. The lowest BCUT2D eigenvalue weighted by Crippen LogP contribution is -2.32. The van der Waals surface area contributed by atoms with Crippen molar-refractivity contribution in [2.24, 2.45) is 0 Å². The molecule has 0 fully saturated rings. The number of rotatable bonds is 6. The van der Waals surface area contributed by atoms with Crippen LogP contribution in [0.4, 0.5) is 0 Å². The molecule has 1 unspecified atom stereocenters. The molecule has 0 aliphatic heterocycles. The SMILES string of the molecule is CCC(C(=O)NCc1c(Cl)cnn1CC)n1cc(Cl)cn1. The van der Waals surface area contributed by atoms with Gasteiger partial charge in [-0.25, -0.2) is 0 Å². The van der Waals surface area contributed by atoms with Gasteiger partial charge in [-0.05, 0) is 13.3 Å². The monoisotopic (exact) mass is 329 g/mol. The topological polar surface area (TPSA) is 64.7 Å². The molecular formula is C13H17Cl2N5O. The van der Waals surface area contributed by atoms with Crippen molar-refractivity contribution in [3.05, 3.63) is 34.3 Å². The summed E-state index contributed by atoms with van der Waals surface area (Å²) in [5.41, 5.74) is 0.792. The van der Waals surface area contributed by atoms with Crippen LogP contribution in [0.2, 0.25) is 10.0 Å². The van der Waals surface area contributed by atoms with Crippen LogP contribution in [0.25, 0.3) is 0 Å². The van der Waals surface area contributed by atoms with Gasteiger partial charge in [0.1, 0.15) is 6.04 Å². The van der Waals surface area contributed by atoms with E-state index in [-0.39, 0.29) is 5.91 Å². The summed E-state index contributed by atoms with van der Waals surface area (Å²) in [6.07, 6.45) is 5.35. The average Bonchev–Trinajstić information content (AvgIpc) is 3.04. The van der Waals surface area contributed by atoms with Crippen LogP contribution < -0.4 is 5.32 Å². The van der Waals surface area contributed by atoms with E-state index >= 15 is 0 Å². The fourth-order valence-electron chi connectivity index (χ4n) is 2.10. The van der Waals surface area contributed by atoms with Crippen LogP contribution in [0.1, 0.15) is 32.0 Å². The molecule has 2 rings (SSSR count). The molecule has 6 nitrogen and oxygen atoms in total. The third-order valence-electron chi connectivity index (χ3n) is 3.21. The minimum Gasteiger partial charge on any atom is -0.349 e. The first-order valence-electron chi connectivity index (χ1n) is 6.74. The molecule has 1 amide bonds. The number of aryl methyl sites for hydroxylation is 1. The second kappa shape index (κ2) is 6.95. The minimum atomic E-state index is -0.394. The molecule has 0 saturated heterocycles. The average molecular weight is 330 g/mol. The van der Waals surface area contributed by atoms with Crippen LogP contribution >= 0.6 is 23.2 Å². The minimum absolute atomic E-state index is 0.128. The second-order valence-corrected chi connectivity index (χ2v) is 5.38. The predicted molar refractivity (Wildman–Crippen MR) is 81.3 cm³/mol. The molecule has 0 aliphatic rings. The van der Waals surface area contributed by atoms with Crippen LogP contribution in [0, 0.1) is 0 Å². The molecule has 0 aliphatic carbocycles. The third kappa shape index (κ3) is 3.57. The molecule has 1 atom stereocenters. The van der Waals surface area contributed by atoms with E-state index in [9.17, 15) is 4.79 Å². The van der Waals surface area contributed by atoms with Crippen LogP contribution in [0.15, 0.2) is 18.6 Å². The van der Waals surface area contributed by atoms with E-state index in [0.717, 1.165) is 5.69 Å². The molecule has 0 saturated carbocycles. The van der Waals surface area contributed by atoms with Crippen molar-refractivity contribution in [3.8, 4) is 0 Å². The number of carbonyl (C=O) groups excluding carboxylic acids is 1. The number of aromatic nitrogens is 4. The van der Waals surface area contributed by atoms with Crippen molar-refractivity contribution in [2.75, 3.05) is 0 Å². The van der Waals surface area contributed by atoms with Crippen molar-refractivity contribution >= 4 is 29.1 Å². The summed E-state index contributed by atoms with van der Waals surface area (Å²) in [6.45, 7) is 4.92. The van der Waals surface area contributed by atoms with Crippen LogP contribution in [-0.4, -0.2) is 25.5 Å². The lowest BCUT2D eigenvalue weighted by atomic mass is 10.2. The second-order valence-electron chi connectivity index (χ2n) is 4.54. The van der Waals surface area contributed by atoms with Gasteiger partial charge in [-0.1, -0.05) is 30.1 Å². The third-order valence-corrected chi connectivity index (χ3v) is 3.72. The summed E-state index contributed by atoms with van der Waals surface area (Å²) in [7, 11) is 0. The zero-order chi connectivity index (χ0) is 15.4. The van der Waals surface area contributed by atoms with Gasteiger partial charge in [0.25, 0.3) is 0 Å². The summed E-state index contributed by atoms with van der Waals surface area (Å²) < 4.78 is 3.32. The summed E-state index contributed by atoms with van der Waals surface area (Å²) >= 11 is 11.9. The van der Waals surface area contributed by atoms with Gasteiger partial charge in [0.2, 0.25) is 5.91 Å². The summed E-state index contributed by atoms with van der Waals surface area (Å²) in [5.74, 6) is -0.128. The Morgan fingerprint density at radius 3 is 2.67 bits per heavy atom. The molecule has 0 bridgehead atoms. The smallest absolute Gasteiger partial charge is 0.245 e. The van der Waals surface area contributed by atoms with Crippen molar-refractivity contribution in [1.82, 2.24) is 24.9 Å². The zero-order valence-electron chi connectivity index (χ0n) is 11.9. The molecule has 0 radical (unpaired) electrons. The Labute approximate surface area is 133 Å². The van der Waals surface area contributed by atoms with Gasteiger partial charge >= 0.3 is 0 Å². The van der Waals surface area contributed by atoms with Gasteiger partial charge in [0, 0.05) is 12.7 Å². The largest absolute Gasteiger partial charge is 0.349 e. The Morgan fingerprint density at radius 1 is 1.33 bits per heavy atom. The Morgan fingerprint density at radius 2 is 2.10 bits per heavy atom. The number of carbonyl (C=O) groups is 1. The standard InChI is InChI=1S/C13H17Cl2N5O/c1-3-11(20-8-9(14)5-17-20)13(21)16-7-12-10(15)6-18-19(12)4-2/h5-6,8,11H,3-4,7H2,1-2H3,(H,16,21). The highest BCUT2D eigenvalue weighted by atomic mass is 35.5. The maximum atomic E-state index is 12.3. The maximum absolute atomic E-state index is 12.3. The van der Waals surface area contributed by atoms with E-state index in [1.165, 1.54) is 6.20 Å². The number of hydrogen-bond donors (Lipinski definition) is 1. The summed E-state index contributed by atoms with van der Waals surface area (Å²) in [6, 6.07) is -0.394. The molecule has 2 aromatic heterocycles. The fraction of sp³-hybridized carbons (Fsp3) is 0.462. The number of nitrogens with zero attached hydrogens (tertiary/aromatic N) is 4. The normalized spacial score (nSPS) is 12.4. The van der Waals surface area contributed by atoms with Crippen molar-refractivity contribution in [3.63, 3.8) is 0 Å². The molecule has 2 heterocycles. The molecular weight excluding hydrogens is 313 g/mol. The number of nitrogens with one attached hydrogen (secondary N) is 1. The number of halogens is 2. The maximum Gasteiger partial charge on any atom is 0.245 e. The van der Waals surface area contributed by atoms with Gasteiger partial charge in [-0.2, -0.15) is 10.2 Å². The molecule has 2 aromatic rings. The van der Waals surface area contributed by atoms with E-state index in [2.05, 4.69) is 15.5 Å². The first-order valence-corrected chi connectivity index (χ1v) is 7.49. The Hall–Kier alpha value is -1.53. The molecule has 114 valence electrons. The van der Waals surface area contributed by atoms with Crippen molar-refractivity contribution in [2.45, 2.75) is 39.4 Å². The van der Waals surface area contributed by atoms with E-state index < -0.39 is 6.04 Å².